The van der Waals surface area contributed by atoms with Crippen LogP contribution in [0, 0.1) is 0 Å². The van der Waals surface area contributed by atoms with Crippen LogP contribution in [0.25, 0.3) is 29.2 Å². The summed E-state index contributed by atoms with van der Waals surface area (Å²) in [5.74, 6) is 1.76. The van der Waals surface area contributed by atoms with Crippen LogP contribution in [-0.4, -0.2) is 14.8 Å². The highest BCUT2D eigenvalue weighted by Crippen LogP contribution is 2.25. The lowest BCUT2D eigenvalue weighted by Gasteiger charge is -2.11. The standard InChI is InChI=1S/C26H23N3/c1-3-8-21-15-17-23(18-16-21)26-28-27-25(29(26)24-9-6-5-7-10-24)19-22-13-11-20(4-2)12-14-22/h3-18H,2,19H2,1H3/b8-3-. The summed E-state index contributed by atoms with van der Waals surface area (Å²) >= 11 is 0. The molecule has 0 fully saturated rings. The molecule has 0 aliphatic carbocycles. The molecule has 0 unspecified atom stereocenters. The Hall–Kier alpha value is -3.72. The summed E-state index contributed by atoms with van der Waals surface area (Å²) in [5, 5.41) is 9.09. The summed E-state index contributed by atoms with van der Waals surface area (Å²) in [5.41, 5.74) is 5.57. The van der Waals surface area contributed by atoms with Gasteiger partial charge >= 0.3 is 0 Å². The van der Waals surface area contributed by atoms with E-state index in [0.29, 0.717) is 6.42 Å². The molecule has 0 bridgehead atoms. The SMILES string of the molecule is C=Cc1ccc(Cc2nnc(-c3ccc(/C=C\C)cc3)n2-c2ccccc2)cc1. The van der Waals surface area contributed by atoms with E-state index in [2.05, 4.69) is 88.1 Å². The van der Waals surface area contributed by atoms with Crippen LogP contribution >= 0.6 is 0 Å². The summed E-state index contributed by atoms with van der Waals surface area (Å²) in [7, 11) is 0. The second-order valence-corrected chi connectivity index (χ2v) is 6.86. The molecule has 29 heavy (non-hydrogen) atoms. The average Bonchev–Trinajstić information content (AvgIpc) is 3.19. The predicted molar refractivity (Wildman–Crippen MR) is 121 cm³/mol. The normalized spacial score (nSPS) is 11.1. The van der Waals surface area contributed by atoms with E-state index < -0.39 is 0 Å². The van der Waals surface area contributed by atoms with Crippen molar-refractivity contribution in [3.63, 3.8) is 0 Å². The van der Waals surface area contributed by atoms with Crippen LogP contribution in [0.4, 0.5) is 0 Å². The number of para-hydroxylation sites is 1. The lowest BCUT2D eigenvalue weighted by molar-refractivity contribution is 0.907. The van der Waals surface area contributed by atoms with E-state index in [0.717, 1.165) is 28.5 Å². The van der Waals surface area contributed by atoms with E-state index in [1.165, 1.54) is 11.1 Å². The van der Waals surface area contributed by atoms with Gasteiger partial charge in [0.1, 0.15) is 5.82 Å². The Labute approximate surface area is 171 Å². The quantitative estimate of drug-likeness (QED) is 0.400. The molecule has 0 saturated heterocycles. The van der Waals surface area contributed by atoms with Crippen molar-refractivity contribution >= 4 is 12.2 Å². The van der Waals surface area contributed by atoms with Gasteiger partial charge in [-0.05, 0) is 35.7 Å². The second-order valence-electron chi connectivity index (χ2n) is 6.86. The number of allylic oxidation sites excluding steroid dienone is 1. The summed E-state index contributed by atoms with van der Waals surface area (Å²) in [6, 6.07) is 27.1. The first kappa shape index (κ1) is 18.6. The Bertz CT molecular complexity index is 1120. The van der Waals surface area contributed by atoms with E-state index in [1.54, 1.807) is 0 Å². The fraction of sp³-hybridized carbons (Fsp3) is 0.0769. The molecule has 1 heterocycles. The van der Waals surface area contributed by atoms with Crippen LogP contribution < -0.4 is 0 Å². The van der Waals surface area contributed by atoms with Gasteiger partial charge in [-0.15, -0.1) is 10.2 Å². The summed E-state index contributed by atoms with van der Waals surface area (Å²) in [4.78, 5) is 0. The largest absolute Gasteiger partial charge is 0.279 e. The van der Waals surface area contributed by atoms with Crippen molar-refractivity contribution in [3.8, 4) is 17.1 Å². The van der Waals surface area contributed by atoms with Gasteiger partial charge in [-0.2, -0.15) is 0 Å². The maximum absolute atomic E-state index is 4.55. The molecule has 0 radical (unpaired) electrons. The third-order valence-electron chi connectivity index (χ3n) is 4.85. The number of nitrogens with zero attached hydrogens (tertiary/aromatic N) is 3. The Morgan fingerprint density at radius 1 is 0.828 bits per heavy atom. The molecule has 0 spiro atoms. The van der Waals surface area contributed by atoms with E-state index in [-0.39, 0.29) is 0 Å². The van der Waals surface area contributed by atoms with Gasteiger partial charge in [-0.25, -0.2) is 0 Å². The van der Waals surface area contributed by atoms with E-state index in [4.69, 9.17) is 0 Å². The molecule has 0 N–H and O–H groups in total. The minimum Gasteiger partial charge on any atom is -0.279 e. The zero-order valence-corrected chi connectivity index (χ0v) is 16.5. The van der Waals surface area contributed by atoms with Gasteiger partial charge in [0, 0.05) is 17.7 Å². The molecular weight excluding hydrogens is 354 g/mol. The van der Waals surface area contributed by atoms with Crippen molar-refractivity contribution < 1.29 is 0 Å². The van der Waals surface area contributed by atoms with Gasteiger partial charge in [0.25, 0.3) is 0 Å². The van der Waals surface area contributed by atoms with Crippen LogP contribution in [0.15, 0.2) is 91.5 Å². The molecule has 4 aromatic rings. The first-order valence-corrected chi connectivity index (χ1v) is 9.72. The summed E-state index contributed by atoms with van der Waals surface area (Å²) in [6.45, 7) is 5.84. The topological polar surface area (TPSA) is 30.7 Å². The molecular formula is C26H23N3. The Morgan fingerprint density at radius 2 is 1.52 bits per heavy atom. The highest BCUT2D eigenvalue weighted by atomic mass is 15.3. The molecule has 4 rings (SSSR count). The van der Waals surface area contributed by atoms with Crippen molar-refractivity contribution in [2.45, 2.75) is 13.3 Å². The predicted octanol–water partition coefficient (Wildman–Crippen LogP) is 6.20. The van der Waals surface area contributed by atoms with Gasteiger partial charge in [0.05, 0.1) is 0 Å². The van der Waals surface area contributed by atoms with Gasteiger partial charge < -0.3 is 0 Å². The highest BCUT2D eigenvalue weighted by Gasteiger charge is 2.16. The van der Waals surface area contributed by atoms with E-state index in [1.807, 2.05) is 37.3 Å². The zero-order chi connectivity index (χ0) is 20.1. The van der Waals surface area contributed by atoms with Crippen LogP contribution in [-0.2, 0) is 6.42 Å². The fourth-order valence-electron chi connectivity index (χ4n) is 3.36. The number of benzene rings is 3. The fourth-order valence-corrected chi connectivity index (χ4v) is 3.36. The maximum Gasteiger partial charge on any atom is 0.168 e. The molecule has 0 aliphatic heterocycles. The average molecular weight is 377 g/mol. The zero-order valence-electron chi connectivity index (χ0n) is 16.5. The van der Waals surface area contributed by atoms with Gasteiger partial charge in [-0.1, -0.05) is 91.5 Å². The molecule has 0 aliphatic rings. The van der Waals surface area contributed by atoms with Crippen molar-refractivity contribution in [1.29, 1.82) is 0 Å². The second kappa shape index (κ2) is 8.53. The van der Waals surface area contributed by atoms with Crippen molar-refractivity contribution in [3.05, 3.63) is 114 Å². The Balaban J connectivity index is 1.76. The molecule has 1 aromatic heterocycles. The molecule has 0 amide bonds. The van der Waals surface area contributed by atoms with Gasteiger partial charge in [0.15, 0.2) is 5.82 Å². The molecule has 3 aromatic carbocycles. The van der Waals surface area contributed by atoms with Gasteiger partial charge in [-0.3, -0.25) is 4.57 Å². The van der Waals surface area contributed by atoms with E-state index >= 15 is 0 Å². The number of aromatic nitrogens is 3. The molecule has 0 saturated carbocycles. The number of hydrogen-bond donors (Lipinski definition) is 0. The molecule has 0 atom stereocenters. The summed E-state index contributed by atoms with van der Waals surface area (Å²) < 4.78 is 2.14. The third-order valence-corrected chi connectivity index (χ3v) is 4.85. The first-order chi connectivity index (χ1) is 14.3. The highest BCUT2D eigenvalue weighted by molar-refractivity contribution is 5.62. The van der Waals surface area contributed by atoms with Crippen molar-refractivity contribution in [1.82, 2.24) is 14.8 Å². The van der Waals surface area contributed by atoms with E-state index in [9.17, 15) is 0 Å². The van der Waals surface area contributed by atoms with Crippen LogP contribution in [0.3, 0.4) is 0 Å². The summed E-state index contributed by atoms with van der Waals surface area (Å²) in [6.07, 6.45) is 6.68. The molecule has 3 nitrogen and oxygen atoms in total. The van der Waals surface area contributed by atoms with Crippen LogP contribution in [0.2, 0.25) is 0 Å². The number of rotatable bonds is 6. The van der Waals surface area contributed by atoms with Crippen LogP contribution in [0.5, 0.6) is 0 Å². The Morgan fingerprint density at radius 3 is 2.17 bits per heavy atom. The third kappa shape index (κ3) is 4.09. The molecule has 3 heteroatoms. The van der Waals surface area contributed by atoms with Crippen molar-refractivity contribution in [2.75, 3.05) is 0 Å². The number of hydrogen-bond acceptors (Lipinski definition) is 2. The lowest BCUT2D eigenvalue weighted by Crippen LogP contribution is -2.04. The minimum atomic E-state index is 0.704. The maximum atomic E-state index is 4.55. The smallest absolute Gasteiger partial charge is 0.168 e. The Kier molecular flexibility index (Phi) is 5.48. The van der Waals surface area contributed by atoms with Crippen LogP contribution in [0.1, 0.15) is 29.4 Å². The molecule has 142 valence electrons. The lowest BCUT2D eigenvalue weighted by atomic mass is 10.1. The first-order valence-electron chi connectivity index (χ1n) is 9.72. The van der Waals surface area contributed by atoms with Gasteiger partial charge in [0.2, 0.25) is 0 Å². The minimum absolute atomic E-state index is 0.704. The monoisotopic (exact) mass is 377 g/mol. The van der Waals surface area contributed by atoms with Crippen molar-refractivity contribution in [2.24, 2.45) is 0 Å².